The van der Waals surface area contributed by atoms with E-state index in [2.05, 4.69) is 5.32 Å². The Kier molecular flexibility index (Phi) is 6.07. The molecule has 168 valence electrons. The van der Waals surface area contributed by atoms with Crippen LogP contribution in [0.1, 0.15) is 81.0 Å². The van der Waals surface area contributed by atoms with Gasteiger partial charge in [-0.1, -0.05) is 31.4 Å². The monoisotopic (exact) mass is 440 g/mol. The highest BCUT2D eigenvalue weighted by molar-refractivity contribution is 8.00. The summed E-state index contributed by atoms with van der Waals surface area (Å²) in [6.07, 6.45) is 13.6. The van der Waals surface area contributed by atoms with Crippen molar-refractivity contribution in [1.82, 2.24) is 10.2 Å². The number of carbonyl (C=O) groups excluding carboxylic acids is 2. The molecule has 4 nitrogen and oxygen atoms in total. The van der Waals surface area contributed by atoms with Crippen molar-refractivity contribution in [3.63, 3.8) is 0 Å². The molecular weight excluding hydrogens is 404 g/mol. The minimum atomic E-state index is 0.0145. The summed E-state index contributed by atoms with van der Waals surface area (Å²) in [6.45, 7) is 0. The van der Waals surface area contributed by atoms with Gasteiger partial charge in [0, 0.05) is 23.5 Å². The highest BCUT2D eigenvalue weighted by atomic mass is 32.2. The summed E-state index contributed by atoms with van der Waals surface area (Å²) in [7, 11) is 1.95. The zero-order valence-electron chi connectivity index (χ0n) is 18.8. The number of carbonyl (C=O) groups is 2. The summed E-state index contributed by atoms with van der Waals surface area (Å²) in [5.74, 6) is 3.05. The third-order valence-electron chi connectivity index (χ3n) is 8.42. The standard InChI is InChI=1S/C26H36N2O2S/c1-28(21-7-3-2-4-8-21)24(29)17-31-23-10-6-5-9-22(23)25(30)27-26-14-18-11-19(15-26)13-20(12-18)16-26/h5-6,9-10,18-21H,2-4,7-8,11-17H2,1H3,(H,27,30). The molecule has 0 radical (unpaired) electrons. The summed E-state index contributed by atoms with van der Waals surface area (Å²) in [5, 5.41) is 3.50. The van der Waals surface area contributed by atoms with Gasteiger partial charge in [0.25, 0.3) is 5.91 Å². The van der Waals surface area contributed by atoms with Crippen LogP contribution in [0, 0.1) is 17.8 Å². The second-order valence-electron chi connectivity index (χ2n) is 10.7. The van der Waals surface area contributed by atoms with E-state index in [9.17, 15) is 9.59 Å². The van der Waals surface area contributed by atoms with Crippen molar-refractivity contribution in [2.75, 3.05) is 12.8 Å². The van der Waals surface area contributed by atoms with Crippen LogP contribution in [0.2, 0.25) is 0 Å². The molecule has 0 saturated heterocycles. The predicted octanol–water partition coefficient (Wildman–Crippen LogP) is 5.27. The molecule has 0 unspecified atom stereocenters. The second-order valence-corrected chi connectivity index (χ2v) is 11.8. The number of rotatable bonds is 6. The van der Waals surface area contributed by atoms with E-state index >= 15 is 0 Å². The minimum Gasteiger partial charge on any atom is -0.347 e. The van der Waals surface area contributed by atoms with Crippen LogP contribution in [-0.2, 0) is 4.79 Å². The third kappa shape index (κ3) is 4.53. The van der Waals surface area contributed by atoms with Crippen LogP contribution >= 0.6 is 11.8 Å². The van der Waals surface area contributed by atoms with Gasteiger partial charge >= 0.3 is 0 Å². The van der Waals surface area contributed by atoms with Gasteiger partial charge in [-0.25, -0.2) is 0 Å². The van der Waals surface area contributed by atoms with Crippen molar-refractivity contribution in [3.05, 3.63) is 29.8 Å². The van der Waals surface area contributed by atoms with Crippen molar-refractivity contribution in [1.29, 1.82) is 0 Å². The molecule has 0 spiro atoms. The van der Waals surface area contributed by atoms with Crippen molar-refractivity contribution in [2.45, 2.75) is 87.1 Å². The van der Waals surface area contributed by atoms with Gasteiger partial charge in [-0.3, -0.25) is 9.59 Å². The SMILES string of the molecule is CN(C(=O)CSc1ccccc1C(=O)NC12CC3CC(CC(C3)C1)C2)C1CCCCC1. The highest BCUT2D eigenvalue weighted by Crippen LogP contribution is 2.55. The van der Waals surface area contributed by atoms with Gasteiger partial charge in [-0.05, 0) is 81.3 Å². The molecule has 0 aliphatic heterocycles. The molecule has 1 aromatic carbocycles. The quantitative estimate of drug-likeness (QED) is 0.613. The maximum Gasteiger partial charge on any atom is 0.252 e. The Morgan fingerprint density at radius 2 is 1.61 bits per heavy atom. The molecular formula is C26H36N2O2S. The number of amides is 2. The first-order valence-electron chi connectivity index (χ1n) is 12.3. The van der Waals surface area contributed by atoms with Crippen LogP contribution in [0.4, 0.5) is 0 Å². The first-order valence-corrected chi connectivity index (χ1v) is 13.3. The lowest BCUT2D eigenvalue weighted by atomic mass is 9.53. The fraction of sp³-hybridized carbons (Fsp3) is 0.692. The predicted molar refractivity (Wildman–Crippen MR) is 125 cm³/mol. The van der Waals surface area contributed by atoms with Gasteiger partial charge in [0.05, 0.1) is 11.3 Å². The largest absolute Gasteiger partial charge is 0.347 e. The Bertz CT molecular complexity index is 797. The summed E-state index contributed by atoms with van der Waals surface area (Å²) < 4.78 is 0. The normalized spacial score (nSPS) is 32.1. The maximum absolute atomic E-state index is 13.4. The molecule has 5 aliphatic carbocycles. The fourth-order valence-electron chi connectivity index (χ4n) is 7.27. The molecule has 4 bridgehead atoms. The van der Waals surface area contributed by atoms with Crippen LogP contribution in [0.25, 0.3) is 0 Å². The summed E-state index contributed by atoms with van der Waals surface area (Å²) in [6, 6.07) is 8.21. The average molecular weight is 441 g/mol. The van der Waals surface area contributed by atoms with E-state index < -0.39 is 0 Å². The van der Waals surface area contributed by atoms with E-state index in [0.29, 0.717) is 11.8 Å². The molecule has 5 heteroatoms. The van der Waals surface area contributed by atoms with Crippen molar-refractivity contribution < 1.29 is 9.59 Å². The smallest absolute Gasteiger partial charge is 0.252 e. The molecule has 1 aromatic rings. The van der Waals surface area contributed by atoms with Crippen molar-refractivity contribution in [3.8, 4) is 0 Å². The molecule has 0 heterocycles. The van der Waals surface area contributed by atoms with Gasteiger partial charge in [-0.15, -0.1) is 11.8 Å². The van der Waals surface area contributed by atoms with Gasteiger partial charge in [0.2, 0.25) is 5.91 Å². The van der Waals surface area contributed by atoms with Gasteiger partial charge in [0.15, 0.2) is 0 Å². The van der Waals surface area contributed by atoms with Crippen LogP contribution in [0.15, 0.2) is 29.2 Å². The second kappa shape index (κ2) is 8.80. The van der Waals surface area contributed by atoms with E-state index in [4.69, 9.17) is 0 Å². The lowest BCUT2D eigenvalue weighted by molar-refractivity contribution is -0.129. The Labute approximate surface area is 190 Å². The number of hydrogen-bond acceptors (Lipinski definition) is 3. The zero-order valence-corrected chi connectivity index (χ0v) is 19.6. The Balaban J connectivity index is 1.23. The fourth-order valence-corrected chi connectivity index (χ4v) is 8.24. The third-order valence-corrected chi connectivity index (χ3v) is 9.47. The van der Waals surface area contributed by atoms with Gasteiger partial charge in [-0.2, -0.15) is 0 Å². The van der Waals surface area contributed by atoms with Crippen molar-refractivity contribution in [2.24, 2.45) is 17.8 Å². The molecule has 31 heavy (non-hydrogen) atoms. The van der Waals surface area contributed by atoms with Gasteiger partial charge < -0.3 is 10.2 Å². The maximum atomic E-state index is 13.4. The van der Waals surface area contributed by atoms with Crippen LogP contribution < -0.4 is 5.32 Å². The van der Waals surface area contributed by atoms with Crippen LogP contribution in [0.3, 0.4) is 0 Å². The highest BCUT2D eigenvalue weighted by Gasteiger charge is 2.51. The molecule has 6 rings (SSSR count). The number of benzene rings is 1. The van der Waals surface area contributed by atoms with Gasteiger partial charge in [0.1, 0.15) is 0 Å². The lowest BCUT2D eigenvalue weighted by Crippen LogP contribution is -2.59. The van der Waals surface area contributed by atoms with E-state index in [0.717, 1.165) is 60.3 Å². The Morgan fingerprint density at radius 3 is 2.26 bits per heavy atom. The van der Waals surface area contributed by atoms with Crippen LogP contribution in [0.5, 0.6) is 0 Å². The molecule has 5 saturated carbocycles. The molecule has 1 N–H and O–H groups in total. The molecule has 0 atom stereocenters. The summed E-state index contributed by atoms with van der Waals surface area (Å²) in [5.41, 5.74) is 0.747. The average Bonchev–Trinajstić information content (AvgIpc) is 2.76. The first kappa shape index (κ1) is 21.4. The molecule has 2 amide bonds. The van der Waals surface area contributed by atoms with Crippen LogP contribution in [-0.4, -0.2) is 41.1 Å². The number of nitrogens with zero attached hydrogens (tertiary/aromatic N) is 1. The molecule has 0 aromatic heterocycles. The Morgan fingerprint density at radius 1 is 1.00 bits per heavy atom. The number of nitrogens with one attached hydrogen (secondary N) is 1. The number of hydrogen-bond donors (Lipinski definition) is 1. The van der Waals surface area contributed by atoms with E-state index in [1.54, 1.807) is 0 Å². The first-order chi connectivity index (χ1) is 15.0. The lowest BCUT2D eigenvalue weighted by Gasteiger charge is -2.56. The van der Waals surface area contributed by atoms with Crippen molar-refractivity contribution >= 4 is 23.6 Å². The van der Waals surface area contributed by atoms with E-state index in [-0.39, 0.29) is 17.4 Å². The molecule has 5 fully saturated rings. The van der Waals surface area contributed by atoms with E-state index in [1.807, 2.05) is 36.2 Å². The Hall–Kier alpha value is -1.49. The zero-order chi connectivity index (χ0) is 21.4. The number of thioether (sulfide) groups is 1. The van der Waals surface area contributed by atoms with E-state index in [1.165, 1.54) is 50.3 Å². The topological polar surface area (TPSA) is 49.4 Å². The summed E-state index contributed by atoms with van der Waals surface area (Å²) >= 11 is 1.52. The minimum absolute atomic E-state index is 0.0145. The molecule has 5 aliphatic rings. The summed E-state index contributed by atoms with van der Waals surface area (Å²) in [4.78, 5) is 29.0.